The van der Waals surface area contributed by atoms with Crippen molar-refractivity contribution in [2.24, 2.45) is 0 Å². The molecule has 0 bridgehead atoms. The van der Waals surface area contributed by atoms with Gasteiger partial charge in [0.05, 0.1) is 23.8 Å². The lowest BCUT2D eigenvalue weighted by Gasteiger charge is -2.11. The third-order valence-electron chi connectivity index (χ3n) is 2.86. The zero-order valence-electron chi connectivity index (χ0n) is 11.1. The fourth-order valence-corrected chi connectivity index (χ4v) is 2.46. The second-order valence-corrected chi connectivity index (χ2v) is 5.95. The van der Waals surface area contributed by atoms with Crippen molar-refractivity contribution in [2.45, 2.75) is 6.54 Å². The van der Waals surface area contributed by atoms with E-state index in [0.717, 1.165) is 14.5 Å². The Balaban J connectivity index is 2.15. The Morgan fingerprint density at radius 3 is 2.57 bits per heavy atom. The number of hydrogen-bond donors (Lipinski definition) is 1. The number of ether oxygens (including phenoxy) is 1. The average Bonchev–Trinajstić information content (AvgIpc) is 2.48. The van der Waals surface area contributed by atoms with E-state index in [1.165, 1.54) is 19.2 Å². The topological polar surface area (TPSA) is 64.4 Å². The first-order chi connectivity index (χ1) is 10.0. The fourth-order valence-electron chi connectivity index (χ4n) is 1.79. The van der Waals surface area contributed by atoms with Crippen LogP contribution in [0.25, 0.3) is 0 Å². The number of methoxy groups -OCH3 is 1. The van der Waals surface area contributed by atoms with Crippen molar-refractivity contribution in [3.8, 4) is 5.75 Å². The average molecular weight is 416 g/mol. The Hall–Kier alpha value is -1.60. The first kappa shape index (κ1) is 15.8. The Kier molecular flexibility index (Phi) is 5.19. The highest BCUT2D eigenvalue weighted by Gasteiger charge is 2.11. The van der Waals surface area contributed by atoms with Gasteiger partial charge in [0, 0.05) is 21.6 Å². The summed E-state index contributed by atoms with van der Waals surface area (Å²) >= 11 is 6.87. The van der Waals surface area contributed by atoms with E-state index >= 15 is 0 Å². The summed E-state index contributed by atoms with van der Waals surface area (Å²) in [5.74, 6) is 0.445. The van der Waals surface area contributed by atoms with Gasteiger partial charge in [0.25, 0.3) is 5.69 Å². The standard InChI is InChI=1S/C14H12Br2N2O3/c1-21-14-7-10(18(19)20)3-5-13(14)17-8-9-2-4-11(15)12(16)6-9/h2-7,17H,8H2,1H3. The van der Waals surface area contributed by atoms with Crippen molar-refractivity contribution < 1.29 is 9.66 Å². The molecule has 110 valence electrons. The summed E-state index contributed by atoms with van der Waals surface area (Å²) in [5, 5.41) is 14.0. The van der Waals surface area contributed by atoms with E-state index in [0.29, 0.717) is 18.0 Å². The van der Waals surface area contributed by atoms with E-state index in [9.17, 15) is 10.1 Å². The molecule has 0 atom stereocenters. The Bertz CT molecular complexity index is 677. The highest BCUT2D eigenvalue weighted by Crippen LogP contribution is 2.30. The molecule has 21 heavy (non-hydrogen) atoms. The number of halogens is 2. The van der Waals surface area contributed by atoms with Crippen molar-refractivity contribution in [3.63, 3.8) is 0 Å². The van der Waals surface area contributed by atoms with E-state index < -0.39 is 4.92 Å². The van der Waals surface area contributed by atoms with Crippen LogP contribution < -0.4 is 10.1 Å². The van der Waals surface area contributed by atoms with Crippen LogP contribution in [0.2, 0.25) is 0 Å². The molecule has 2 rings (SSSR count). The number of nitrogens with zero attached hydrogens (tertiary/aromatic N) is 1. The van der Waals surface area contributed by atoms with Crippen molar-refractivity contribution in [3.05, 3.63) is 61.0 Å². The molecule has 0 aliphatic heterocycles. The van der Waals surface area contributed by atoms with Crippen molar-refractivity contribution >= 4 is 43.2 Å². The van der Waals surface area contributed by atoms with E-state index in [-0.39, 0.29) is 5.69 Å². The lowest BCUT2D eigenvalue weighted by molar-refractivity contribution is -0.384. The summed E-state index contributed by atoms with van der Waals surface area (Å²) in [4.78, 5) is 10.3. The van der Waals surface area contributed by atoms with Crippen molar-refractivity contribution in [1.29, 1.82) is 0 Å². The summed E-state index contributed by atoms with van der Waals surface area (Å²) in [6.45, 7) is 0.583. The number of benzene rings is 2. The number of anilines is 1. The largest absolute Gasteiger partial charge is 0.494 e. The highest BCUT2D eigenvalue weighted by molar-refractivity contribution is 9.13. The number of hydrogen-bond acceptors (Lipinski definition) is 4. The van der Waals surface area contributed by atoms with Crippen molar-refractivity contribution in [1.82, 2.24) is 0 Å². The van der Waals surface area contributed by atoms with Crippen LogP contribution in [0.5, 0.6) is 5.75 Å². The van der Waals surface area contributed by atoms with Crippen LogP contribution >= 0.6 is 31.9 Å². The van der Waals surface area contributed by atoms with E-state index in [4.69, 9.17) is 4.74 Å². The van der Waals surface area contributed by atoms with Gasteiger partial charge in [0.1, 0.15) is 5.75 Å². The van der Waals surface area contributed by atoms with Gasteiger partial charge in [-0.15, -0.1) is 0 Å². The van der Waals surface area contributed by atoms with Gasteiger partial charge in [-0.05, 0) is 55.6 Å². The highest BCUT2D eigenvalue weighted by atomic mass is 79.9. The zero-order chi connectivity index (χ0) is 15.4. The molecule has 0 saturated heterocycles. The molecule has 0 spiro atoms. The van der Waals surface area contributed by atoms with Gasteiger partial charge < -0.3 is 10.1 Å². The Morgan fingerprint density at radius 1 is 1.19 bits per heavy atom. The third kappa shape index (κ3) is 3.95. The lowest BCUT2D eigenvalue weighted by Crippen LogP contribution is -2.02. The fraction of sp³-hybridized carbons (Fsp3) is 0.143. The molecule has 2 aromatic carbocycles. The van der Waals surface area contributed by atoms with Crippen LogP contribution in [0.15, 0.2) is 45.3 Å². The molecule has 2 aromatic rings. The molecule has 7 heteroatoms. The maximum Gasteiger partial charge on any atom is 0.273 e. The predicted octanol–water partition coefficient (Wildman–Crippen LogP) is 4.74. The molecule has 5 nitrogen and oxygen atoms in total. The number of nitro groups is 1. The molecule has 0 aliphatic rings. The van der Waals surface area contributed by atoms with Crippen LogP contribution in [0.3, 0.4) is 0 Å². The minimum atomic E-state index is -0.446. The van der Waals surface area contributed by atoms with Gasteiger partial charge in [-0.3, -0.25) is 10.1 Å². The smallest absolute Gasteiger partial charge is 0.273 e. The monoisotopic (exact) mass is 414 g/mol. The van der Waals surface area contributed by atoms with Gasteiger partial charge in [-0.2, -0.15) is 0 Å². The molecule has 0 amide bonds. The molecule has 0 unspecified atom stereocenters. The SMILES string of the molecule is COc1cc([N+](=O)[O-])ccc1NCc1ccc(Br)c(Br)c1. The Labute approximate surface area is 138 Å². The number of rotatable bonds is 5. The van der Waals surface area contributed by atoms with Gasteiger partial charge in [-0.25, -0.2) is 0 Å². The molecule has 1 N–H and O–H groups in total. The second-order valence-electron chi connectivity index (χ2n) is 4.24. The van der Waals surface area contributed by atoms with Crippen LogP contribution in [0.1, 0.15) is 5.56 Å². The van der Waals surface area contributed by atoms with Crippen LogP contribution in [0, 0.1) is 10.1 Å². The van der Waals surface area contributed by atoms with Crippen LogP contribution in [-0.2, 0) is 6.54 Å². The van der Waals surface area contributed by atoms with E-state index in [1.807, 2.05) is 18.2 Å². The van der Waals surface area contributed by atoms with Gasteiger partial charge >= 0.3 is 0 Å². The summed E-state index contributed by atoms with van der Waals surface area (Å²) in [7, 11) is 1.49. The Morgan fingerprint density at radius 2 is 1.95 bits per heavy atom. The predicted molar refractivity (Wildman–Crippen MR) is 88.8 cm³/mol. The zero-order valence-corrected chi connectivity index (χ0v) is 14.3. The van der Waals surface area contributed by atoms with Crippen LogP contribution in [0.4, 0.5) is 11.4 Å². The molecule has 0 heterocycles. The number of nitro benzene ring substituents is 1. The van der Waals surface area contributed by atoms with E-state index in [1.54, 1.807) is 6.07 Å². The molecular formula is C14H12Br2N2O3. The maximum absolute atomic E-state index is 10.7. The maximum atomic E-state index is 10.7. The quantitative estimate of drug-likeness (QED) is 0.565. The second kappa shape index (κ2) is 6.91. The summed E-state index contributed by atoms with van der Waals surface area (Å²) < 4.78 is 7.14. The number of non-ortho nitro benzene ring substituents is 1. The summed E-state index contributed by atoms with van der Waals surface area (Å²) in [5.41, 5.74) is 1.79. The third-order valence-corrected chi connectivity index (χ3v) is 4.74. The van der Waals surface area contributed by atoms with E-state index in [2.05, 4.69) is 37.2 Å². The minimum Gasteiger partial charge on any atom is -0.494 e. The summed E-state index contributed by atoms with van der Waals surface area (Å²) in [6, 6.07) is 10.4. The first-order valence-corrected chi connectivity index (χ1v) is 7.60. The lowest BCUT2D eigenvalue weighted by atomic mass is 10.2. The molecular weight excluding hydrogens is 404 g/mol. The molecule has 0 aliphatic carbocycles. The number of nitrogens with one attached hydrogen (secondary N) is 1. The molecule has 0 fully saturated rings. The van der Waals surface area contributed by atoms with Crippen LogP contribution in [-0.4, -0.2) is 12.0 Å². The molecule has 0 radical (unpaired) electrons. The normalized spacial score (nSPS) is 10.2. The van der Waals surface area contributed by atoms with Gasteiger partial charge in [0.15, 0.2) is 0 Å². The first-order valence-electron chi connectivity index (χ1n) is 6.01. The molecule has 0 saturated carbocycles. The van der Waals surface area contributed by atoms with Crippen molar-refractivity contribution in [2.75, 3.05) is 12.4 Å². The van der Waals surface area contributed by atoms with Gasteiger partial charge in [-0.1, -0.05) is 6.07 Å². The minimum absolute atomic E-state index is 0.00351. The summed E-state index contributed by atoms with van der Waals surface area (Å²) in [6.07, 6.45) is 0. The van der Waals surface area contributed by atoms with Gasteiger partial charge in [0.2, 0.25) is 0 Å². The molecule has 0 aromatic heterocycles.